The molecular weight excluding hydrogens is 462 g/mol. The van der Waals surface area contributed by atoms with E-state index in [2.05, 4.69) is 38.8 Å². The van der Waals surface area contributed by atoms with Gasteiger partial charge in [0.1, 0.15) is 6.04 Å². The predicted octanol–water partition coefficient (Wildman–Crippen LogP) is 4.63. The fourth-order valence-electron chi connectivity index (χ4n) is 5.94. The highest BCUT2D eigenvalue weighted by atomic mass is 16.2. The van der Waals surface area contributed by atoms with E-state index < -0.39 is 6.04 Å². The average Bonchev–Trinajstić information content (AvgIpc) is 3.45. The van der Waals surface area contributed by atoms with Crippen LogP contribution in [0, 0.1) is 5.92 Å². The van der Waals surface area contributed by atoms with Crippen molar-refractivity contribution in [3.05, 3.63) is 60.6 Å². The summed E-state index contributed by atoms with van der Waals surface area (Å²) in [4.78, 5) is 38.0. The van der Waals surface area contributed by atoms with Crippen molar-refractivity contribution < 1.29 is 9.59 Å². The van der Waals surface area contributed by atoms with Crippen LogP contribution in [-0.4, -0.2) is 52.4 Å². The molecule has 3 heterocycles. The van der Waals surface area contributed by atoms with Gasteiger partial charge in [-0.15, -0.1) is 0 Å². The van der Waals surface area contributed by atoms with E-state index in [9.17, 15) is 9.59 Å². The molecule has 7 nitrogen and oxygen atoms in total. The largest absolute Gasteiger partial charge is 0.343 e. The minimum absolute atomic E-state index is 0.0260. The van der Waals surface area contributed by atoms with Crippen LogP contribution in [0.3, 0.4) is 0 Å². The van der Waals surface area contributed by atoms with E-state index in [1.54, 1.807) is 7.05 Å². The van der Waals surface area contributed by atoms with Gasteiger partial charge in [-0.1, -0.05) is 43.5 Å². The fourth-order valence-corrected chi connectivity index (χ4v) is 5.94. The SMILES string of the molecule is CNC(C)C(=O)N[C@H](C(=O)N1CCCC1c1ccnc(-c2cncc3ccccc23)c1)C1CCCCC1. The van der Waals surface area contributed by atoms with Gasteiger partial charge in [0.2, 0.25) is 11.8 Å². The van der Waals surface area contributed by atoms with Gasteiger partial charge in [0.15, 0.2) is 0 Å². The molecule has 2 amide bonds. The standard InChI is InChI=1S/C30H37N5O2/c1-20(31-2)29(36)34-28(21-9-4-3-5-10-21)30(37)35-16-8-13-27(35)22-14-15-33-26(17-22)25-19-32-18-23-11-6-7-12-24(23)25/h6-7,11-12,14-15,17-21,27-28,31H,3-5,8-10,13,16H2,1-2H3,(H,34,36)/t20?,27?,28-/m0/s1. The number of pyridine rings is 2. The number of hydrogen-bond acceptors (Lipinski definition) is 5. The zero-order chi connectivity index (χ0) is 25.8. The summed E-state index contributed by atoms with van der Waals surface area (Å²) in [5.41, 5.74) is 2.94. The molecule has 1 saturated carbocycles. The molecule has 1 aliphatic heterocycles. The lowest BCUT2D eigenvalue weighted by molar-refractivity contribution is -0.139. The molecule has 1 aromatic carbocycles. The first-order valence-corrected chi connectivity index (χ1v) is 13.6. The smallest absolute Gasteiger partial charge is 0.245 e. The Morgan fingerprint density at radius 3 is 2.65 bits per heavy atom. The summed E-state index contributed by atoms with van der Waals surface area (Å²) in [6, 6.07) is 11.5. The van der Waals surface area contributed by atoms with Crippen LogP contribution in [0.5, 0.6) is 0 Å². The van der Waals surface area contributed by atoms with Crippen molar-refractivity contribution in [3.8, 4) is 11.3 Å². The zero-order valence-electron chi connectivity index (χ0n) is 21.8. The lowest BCUT2D eigenvalue weighted by atomic mass is 9.83. The van der Waals surface area contributed by atoms with Gasteiger partial charge < -0.3 is 15.5 Å². The van der Waals surface area contributed by atoms with E-state index >= 15 is 0 Å². The zero-order valence-corrected chi connectivity index (χ0v) is 21.8. The quantitative estimate of drug-likeness (QED) is 0.495. The number of nitrogens with zero attached hydrogens (tertiary/aromatic N) is 3. The second kappa shape index (κ2) is 11.4. The Hall–Kier alpha value is -3.32. The van der Waals surface area contributed by atoms with Gasteiger partial charge in [0.05, 0.1) is 17.8 Å². The van der Waals surface area contributed by atoms with Gasteiger partial charge in [0.25, 0.3) is 0 Å². The Labute approximate surface area is 219 Å². The van der Waals surface area contributed by atoms with E-state index in [0.717, 1.165) is 66.1 Å². The second-order valence-corrected chi connectivity index (χ2v) is 10.5. The fraction of sp³-hybridized carbons (Fsp3) is 0.467. The number of carbonyl (C=O) groups is 2. The van der Waals surface area contributed by atoms with Crippen LogP contribution >= 0.6 is 0 Å². The maximum Gasteiger partial charge on any atom is 0.245 e. The minimum Gasteiger partial charge on any atom is -0.343 e. The molecule has 3 atom stereocenters. The number of likely N-dealkylation sites (tertiary alicyclic amines) is 1. The maximum atomic E-state index is 14.1. The summed E-state index contributed by atoms with van der Waals surface area (Å²) in [7, 11) is 1.77. The summed E-state index contributed by atoms with van der Waals surface area (Å²) in [6.07, 6.45) is 12.8. The molecule has 0 bridgehead atoms. The number of benzene rings is 1. The summed E-state index contributed by atoms with van der Waals surface area (Å²) in [5, 5.41) is 8.32. The van der Waals surface area contributed by atoms with Gasteiger partial charge in [-0.05, 0) is 68.7 Å². The minimum atomic E-state index is -0.479. The number of rotatable bonds is 7. The number of likely N-dealkylation sites (N-methyl/N-ethyl adjacent to an activating group) is 1. The van der Waals surface area contributed by atoms with E-state index in [4.69, 9.17) is 0 Å². The van der Waals surface area contributed by atoms with Crippen LogP contribution in [0.4, 0.5) is 0 Å². The molecule has 1 aliphatic carbocycles. The Balaban J connectivity index is 1.43. The molecule has 0 radical (unpaired) electrons. The molecule has 2 fully saturated rings. The van der Waals surface area contributed by atoms with E-state index in [1.807, 2.05) is 48.6 Å². The number of nitrogens with one attached hydrogen (secondary N) is 2. The van der Waals surface area contributed by atoms with Gasteiger partial charge in [0, 0.05) is 36.1 Å². The normalized spacial score (nSPS) is 20.1. The monoisotopic (exact) mass is 499 g/mol. The van der Waals surface area contributed by atoms with Gasteiger partial charge in [-0.2, -0.15) is 0 Å². The maximum absolute atomic E-state index is 14.1. The van der Waals surface area contributed by atoms with E-state index in [1.165, 1.54) is 6.42 Å². The Bertz CT molecular complexity index is 1250. The Kier molecular flexibility index (Phi) is 7.79. The first-order valence-electron chi connectivity index (χ1n) is 13.6. The third kappa shape index (κ3) is 5.37. The molecule has 7 heteroatoms. The van der Waals surface area contributed by atoms with Crippen LogP contribution in [0.25, 0.3) is 22.0 Å². The number of amides is 2. The van der Waals surface area contributed by atoms with Gasteiger partial charge in [-0.3, -0.25) is 19.6 Å². The lowest BCUT2D eigenvalue weighted by Gasteiger charge is -2.35. The molecule has 2 aromatic heterocycles. The molecule has 1 saturated heterocycles. The highest BCUT2D eigenvalue weighted by molar-refractivity contribution is 5.95. The third-order valence-electron chi connectivity index (χ3n) is 8.16. The number of hydrogen-bond donors (Lipinski definition) is 2. The average molecular weight is 500 g/mol. The molecule has 5 rings (SSSR count). The molecule has 2 aliphatic rings. The highest BCUT2D eigenvalue weighted by Crippen LogP contribution is 2.36. The predicted molar refractivity (Wildman–Crippen MR) is 146 cm³/mol. The van der Waals surface area contributed by atoms with Crippen molar-refractivity contribution >= 4 is 22.6 Å². The Morgan fingerprint density at radius 2 is 1.84 bits per heavy atom. The molecule has 3 aromatic rings. The molecule has 37 heavy (non-hydrogen) atoms. The summed E-state index contributed by atoms with van der Waals surface area (Å²) < 4.78 is 0. The van der Waals surface area contributed by atoms with Gasteiger partial charge >= 0.3 is 0 Å². The summed E-state index contributed by atoms with van der Waals surface area (Å²) >= 11 is 0. The van der Waals surface area contributed by atoms with Crippen LogP contribution in [0.15, 0.2) is 55.0 Å². The lowest BCUT2D eigenvalue weighted by Crippen LogP contribution is -2.55. The summed E-state index contributed by atoms with van der Waals surface area (Å²) in [5.74, 6) is 0.123. The topological polar surface area (TPSA) is 87.2 Å². The highest BCUT2D eigenvalue weighted by Gasteiger charge is 2.39. The van der Waals surface area contributed by atoms with Crippen molar-refractivity contribution in [3.63, 3.8) is 0 Å². The second-order valence-electron chi connectivity index (χ2n) is 10.5. The van der Waals surface area contributed by atoms with Crippen molar-refractivity contribution in [2.45, 2.75) is 70.0 Å². The van der Waals surface area contributed by atoms with Crippen molar-refractivity contribution in [2.75, 3.05) is 13.6 Å². The van der Waals surface area contributed by atoms with Crippen molar-refractivity contribution in [1.82, 2.24) is 25.5 Å². The Morgan fingerprint density at radius 1 is 1.03 bits per heavy atom. The van der Waals surface area contributed by atoms with Crippen molar-refractivity contribution in [1.29, 1.82) is 0 Å². The number of carbonyl (C=O) groups excluding carboxylic acids is 2. The molecular formula is C30H37N5O2. The molecule has 194 valence electrons. The first-order chi connectivity index (χ1) is 18.1. The van der Waals surface area contributed by atoms with Crippen LogP contribution in [-0.2, 0) is 9.59 Å². The van der Waals surface area contributed by atoms with E-state index in [-0.39, 0.29) is 29.8 Å². The van der Waals surface area contributed by atoms with Gasteiger partial charge in [-0.25, -0.2) is 0 Å². The number of aromatic nitrogens is 2. The first kappa shape index (κ1) is 25.3. The third-order valence-corrected chi connectivity index (χ3v) is 8.16. The van der Waals surface area contributed by atoms with Crippen LogP contribution in [0.2, 0.25) is 0 Å². The van der Waals surface area contributed by atoms with Crippen LogP contribution < -0.4 is 10.6 Å². The molecule has 2 N–H and O–H groups in total. The number of fused-ring (bicyclic) bond motifs is 1. The van der Waals surface area contributed by atoms with E-state index in [0.29, 0.717) is 6.54 Å². The summed E-state index contributed by atoms with van der Waals surface area (Å²) in [6.45, 7) is 2.54. The van der Waals surface area contributed by atoms with Crippen LogP contribution in [0.1, 0.15) is 63.5 Å². The molecule has 2 unspecified atom stereocenters. The molecule has 0 spiro atoms. The van der Waals surface area contributed by atoms with Crippen molar-refractivity contribution in [2.24, 2.45) is 5.92 Å².